The van der Waals surface area contributed by atoms with E-state index in [1.54, 1.807) is 0 Å². The predicted molar refractivity (Wildman–Crippen MR) is 77.0 cm³/mol. The number of nitrogens with two attached hydrogens (primary N) is 2. The molecule has 7 nitrogen and oxygen atoms in total. The molecule has 0 saturated carbocycles. The second-order valence-electron chi connectivity index (χ2n) is 4.25. The second kappa shape index (κ2) is 5.02. The van der Waals surface area contributed by atoms with E-state index in [9.17, 15) is 21.4 Å². The van der Waals surface area contributed by atoms with E-state index in [2.05, 4.69) is 0 Å². The smallest absolute Gasteiger partial charge is 0.295 e. The number of rotatable bonds is 3. The average Bonchev–Trinajstić information content (AvgIpc) is 2.38. The van der Waals surface area contributed by atoms with Gasteiger partial charge in [-0.15, -0.1) is 0 Å². The third-order valence-corrected chi connectivity index (χ3v) is 5.58. The molecule has 0 atom stereocenters. The zero-order valence-corrected chi connectivity index (χ0v) is 12.2. The zero-order chi connectivity index (χ0) is 15.8. The van der Waals surface area contributed by atoms with E-state index in [0.717, 1.165) is 12.1 Å². The Balaban J connectivity index is 2.74. The average molecular weight is 328 g/mol. The van der Waals surface area contributed by atoms with Crippen molar-refractivity contribution in [3.63, 3.8) is 0 Å². The van der Waals surface area contributed by atoms with Crippen LogP contribution in [0.15, 0.2) is 57.2 Å². The minimum Gasteiger partial charge on any atom is -0.399 e. The fraction of sp³-hybridized carbons (Fsp3) is 0. The van der Waals surface area contributed by atoms with Gasteiger partial charge in [-0.25, -0.2) is 8.42 Å². The van der Waals surface area contributed by atoms with Crippen LogP contribution in [-0.2, 0) is 20.0 Å². The van der Waals surface area contributed by atoms with Gasteiger partial charge in [-0.2, -0.15) is 8.42 Å². The van der Waals surface area contributed by atoms with Gasteiger partial charge >= 0.3 is 0 Å². The zero-order valence-electron chi connectivity index (χ0n) is 10.6. The summed E-state index contributed by atoms with van der Waals surface area (Å²) in [6, 6.07) is 8.39. The Hall–Kier alpha value is -2.10. The van der Waals surface area contributed by atoms with Crippen molar-refractivity contribution in [2.75, 3.05) is 11.5 Å². The second-order valence-corrected chi connectivity index (χ2v) is 7.56. The molecule has 0 unspecified atom stereocenters. The van der Waals surface area contributed by atoms with E-state index < -0.39 is 29.7 Å². The van der Waals surface area contributed by atoms with Crippen molar-refractivity contribution in [3.05, 3.63) is 42.5 Å². The summed E-state index contributed by atoms with van der Waals surface area (Å²) in [6.07, 6.45) is 0. The Kier molecular flexibility index (Phi) is 3.66. The molecule has 112 valence electrons. The Morgan fingerprint density at radius 1 is 0.762 bits per heavy atom. The van der Waals surface area contributed by atoms with Crippen molar-refractivity contribution in [1.29, 1.82) is 0 Å². The summed E-state index contributed by atoms with van der Waals surface area (Å²) in [5, 5.41) is 0. The Morgan fingerprint density at radius 3 is 1.81 bits per heavy atom. The molecule has 0 aliphatic carbocycles. The first kappa shape index (κ1) is 15.3. The van der Waals surface area contributed by atoms with Crippen LogP contribution in [0.25, 0.3) is 0 Å². The number of benzene rings is 2. The van der Waals surface area contributed by atoms with Crippen molar-refractivity contribution in [2.45, 2.75) is 14.7 Å². The molecular formula is C12H12N2O5S2. The molecule has 0 aromatic heterocycles. The molecule has 0 fully saturated rings. The molecule has 2 rings (SSSR count). The van der Waals surface area contributed by atoms with E-state index in [4.69, 9.17) is 11.5 Å². The lowest BCUT2D eigenvalue weighted by Gasteiger charge is -2.09. The molecule has 2 aromatic rings. The quantitative estimate of drug-likeness (QED) is 0.562. The molecule has 0 radical (unpaired) electrons. The molecule has 0 heterocycles. The Bertz CT molecular complexity index is 888. The van der Waals surface area contributed by atoms with Crippen LogP contribution in [-0.4, -0.2) is 21.4 Å². The van der Waals surface area contributed by atoms with Crippen molar-refractivity contribution in [3.8, 4) is 0 Å². The summed E-state index contributed by atoms with van der Waals surface area (Å²) < 4.78 is 56.8. The van der Waals surface area contributed by atoms with Crippen LogP contribution < -0.4 is 11.5 Å². The fourth-order valence-corrected chi connectivity index (χ4v) is 4.29. The molecule has 9 heteroatoms. The van der Waals surface area contributed by atoms with E-state index in [0.29, 0.717) is 5.69 Å². The van der Waals surface area contributed by atoms with Crippen LogP contribution in [0.1, 0.15) is 0 Å². The topological polar surface area (TPSA) is 141 Å². The summed E-state index contributed by atoms with van der Waals surface area (Å²) in [6.45, 7) is 0. The molecule has 0 amide bonds. The molecule has 5 N–H and O–H groups in total. The third kappa shape index (κ3) is 2.99. The van der Waals surface area contributed by atoms with Crippen molar-refractivity contribution in [2.24, 2.45) is 0 Å². The van der Waals surface area contributed by atoms with Crippen LogP contribution in [0.2, 0.25) is 0 Å². The maximum atomic E-state index is 12.5. The van der Waals surface area contributed by atoms with Gasteiger partial charge in [0.15, 0.2) is 0 Å². The molecule has 21 heavy (non-hydrogen) atoms. The summed E-state index contributed by atoms with van der Waals surface area (Å²) >= 11 is 0. The number of anilines is 2. The number of sulfone groups is 1. The standard InChI is InChI=1S/C12H12N2O5S2/c13-8-1-4-10(5-2-8)20(15,16)11-6-3-9(14)7-12(11)21(17,18)19/h1-7H,13-14H2,(H,17,18,19). The first-order chi connectivity index (χ1) is 9.62. The lowest BCUT2D eigenvalue weighted by Crippen LogP contribution is -2.10. The van der Waals surface area contributed by atoms with Crippen LogP contribution >= 0.6 is 0 Å². The highest BCUT2D eigenvalue weighted by Crippen LogP contribution is 2.29. The molecule has 2 aromatic carbocycles. The van der Waals surface area contributed by atoms with Gasteiger partial charge in [-0.05, 0) is 42.5 Å². The van der Waals surface area contributed by atoms with Gasteiger partial charge in [0.25, 0.3) is 10.1 Å². The molecule has 0 spiro atoms. The monoisotopic (exact) mass is 328 g/mol. The largest absolute Gasteiger partial charge is 0.399 e. The van der Waals surface area contributed by atoms with E-state index >= 15 is 0 Å². The van der Waals surface area contributed by atoms with Gasteiger partial charge in [0.1, 0.15) is 4.90 Å². The molecule has 0 aliphatic rings. The lowest BCUT2D eigenvalue weighted by molar-refractivity contribution is 0.480. The number of nitrogen functional groups attached to an aromatic ring is 2. The van der Waals surface area contributed by atoms with Gasteiger partial charge in [0, 0.05) is 11.4 Å². The number of hydrogen-bond donors (Lipinski definition) is 3. The highest BCUT2D eigenvalue weighted by Gasteiger charge is 2.27. The first-order valence-corrected chi connectivity index (χ1v) is 8.52. The molecule has 0 bridgehead atoms. The van der Waals surface area contributed by atoms with Gasteiger partial charge in [0.2, 0.25) is 9.84 Å². The predicted octanol–water partition coefficient (Wildman–Crippen LogP) is 0.931. The number of hydrogen-bond acceptors (Lipinski definition) is 6. The van der Waals surface area contributed by atoms with Gasteiger partial charge < -0.3 is 11.5 Å². The van der Waals surface area contributed by atoms with E-state index in [1.807, 2.05) is 0 Å². The first-order valence-electron chi connectivity index (χ1n) is 5.60. The van der Waals surface area contributed by atoms with Gasteiger partial charge in [-0.1, -0.05) is 0 Å². The van der Waals surface area contributed by atoms with Crippen molar-refractivity contribution < 1.29 is 21.4 Å². The fourth-order valence-electron chi connectivity index (χ4n) is 1.72. The Labute approximate surface area is 121 Å². The van der Waals surface area contributed by atoms with Crippen LogP contribution in [0.3, 0.4) is 0 Å². The van der Waals surface area contributed by atoms with Crippen molar-refractivity contribution >= 4 is 31.3 Å². The summed E-state index contributed by atoms with van der Waals surface area (Å²) in [7, 11) is -8.88. The molecule has 0 aliphatic heterocycles. The Morgan fingerprint density at radius 2 is 1.29 bits per heavy atom. The normalized spacial score (nSPS) is 12.2. The minimum atomic E-state index is -4.74. The third-order valence-electron chi connectivity index (χ3n) is 2.73. The van der Waals surface area contributed by atoms with Gasteiger partial charge in [-0.3, -0.25) is 4.55 Å². The SMILES string of the molecule is Nc1ccc(S(=O)(=O)c2ccc(N)cc2S(=O)(=O)O)cc1. The molecular weight excluding hydrogens is 316 g/mol. The minimum absolute atomic E-state index is 0.0129. The summed E-state index contributed by atoms with van der Waals surface area (Å²) in [5.74, 6) is 0. The van der Waals surface area contributed by atoms with Crippen LogP contribution in [0.5, 0.6) is 0 Å². The van der Waals surface area contributed by atoms with E-state index in [1.165, 1.54) is 30.3 Å². The van der Waals surface area contributed by atoms with Crippen LogP contribution in [0.4, 0.5) is 11.4 Å². The highest BCUT2D eigenvalue weighted by molar-refractivity contribution is 7.92. The maximum absolute atomic E-state index is 12.5. The van der Waals surface area contributed by atoms with Crippen LogP contribution in [0, 0.1) is 0 Å². The highest BCUT2D eigenvalue weighted by atomic mass is 32.2. The molecule has 0 saturated heterocycles. The lowest BCUT2D eigenvalue weighted by atomic mass is 10.3. The maximum Gasteiger partial charge on any atom is 0.295 e. The van der Waals surface area contributed by atoms with Crippen molar-refractivity contribution in [1.82, 2.24) is 0 Å². The summed E-state index contributed by atoms with van der Waals surface area (Å²) in [4.78, 5) is -1.46. The van der Waals surface area contributed by atoms with Gasteiger partial charge in [0.05, 0.1) is 9.79 Å². The van der Waals surface area contributed by atoms with E-state index in [-0.39, 0.29) is 10.6 Å². The summed E-state index contributed by atoms with van der Waals surface area (Å²) in [5.41, 5.74) is 11.3.